The molecule has 0 bridgehead atoms. The number of nitrogens with zero attached hydrogens (tertiary/aromatic N) is 1. The lowest BCUT2D eigenvalue weighted by molar-refractivity contribution is -0.160. The minimum absolute atomic E-state index is 0.0241. The van der Waals surface area contributed by atoms with Crippen molar-refractivity contribution in [2.75, 3.05) is 13.2 Å². The van der Waals surface area contributed by atoms with E-state index in [-0.39, 0.29) is 31.0 Å². The Labute approximate surface area is 155 Å². The number of hydrogen-bond donors (Lipinski definition) is 1. The molecule has 0 unspecified atom stereocenters. The van der Waals surface area contributed by atoms with Crippen LogP contribution in [0.2, 0.25) is 0 Å². The fraction of sp³-hybridized carbons (Fsp3) is 0.300. The summed E-state index contributed by atoms with van der Waals surface area (Å²) in [4.78, 5) is 24.8. The average molecular weight is 375 g/mol. The Morgan fingerprint density at radius 1 is 1.19 bits per heavy atom. The number of halogens is 2. The smallest absolute Gasteiger partial charge is 0.353 e. The van der Waals surface area contributed by atoms with Crippen LogP contribution >= 0.6 is 0 Å². The second-order valence-electron chi connectivity index (χ2n) is 6.27. The number of carbonyl (C=O) groups is 2. The van der Waals surface area contributed by atoms with Crippen LogP contribution in [0.15, 0.2) is 42.5 Å². The van der Waals surface area contributed by atoms with Gasteiger partial charge in [0.25, 0.3) is 5.91 Å². The zero-order valence-electron chi connectivity index (χ0n) is 14.7. The Balaban J connectivity index is 1.88. The number of carboxylic acids is 1. The van der Waals surface area contributed by atoms with Crippen molar-refractivity contribution in [3.63, 3.8) is 0 Å². The number of benzene rings is 2. The molecule has 2 aromatic carbocycles. The van der Waals surface area contributed by atoms with E-state index >= 15 is 0 Å². The first-order chi connectivity index (χ1) is 12.8. The molecule has 3 rings (SSSR count). The molecule has 27 heavy (non-hydrogen) atoms. The number of carboxylic acid groups (broad SMARTS) is 1. The van der Waals surface area contributed by atoms with Gasteiger partial charge in [-0.2, -0.15) is 8.78 Å². The molecule has 7 heteroatoms. The molecule has 0 atom stereocenters. The Morgan fingerprint density at radius 3 is 2.63 bits per heavy atom. The summed E-state index contributed by atoms with van der Waals surface area (Å²) in [6.07, 6.45) is 0.393. The van der Waals surface area contributed by atoms with Gasteiger partial charge in [-0.25, -0.2) is 4.79 Å². The van der Waals surface area contributed by atoms with Gasteiger partial charge in [-0.05, 0) is 48.7 Å². The quantitative estimate of drug-likeness (QED) is 0.869. The van der Waals surface area contributed by atoms with Crippen LogP contribution in [-0.2, 0) is 23.7 Å². The van der Waals surface area contributed by atoms with E-state index in [0.29, 0.717) is 12.0 Å². The highest BCUT2D eigenvalue weighted by Gasteiger charge is 2.46. The van der Waals surface area contributed by atoms with Gasteiger partial charge in [0.2, 0.25) is 0 Å². The molecule has 0 saturated carbocycles. The molecule has 5 nitrogen and oxygen atoms in total. The normalized spacial score (nSPS) is 13.8. The van der Waals surface area contributed by atoms with Crippen molar-refractivity contribution in [2.24, 2.45) is 0 Å². The van der Waals surface area contributed by atoms with Crippen LogP contribution < -0.4 is 4.74 Å². The van der Waals surface area contributed by atoms with Gasteiger partial charge in [0.1, 0.15) is 5.75 Å². The van der Waals surface area contributed by atoms with Crippen molar-refractivity contribution >= 4 is 11.9 Å². The van der Waals surface area contributed by atoms with E-state index in [9.17, 15) is 18.4 Å². The molecule has 0 aliphatic carbocycles. The summed E-state index contributed by atoms with van der Waals surface area (Å²) >= 11 is 0. The van der Waals surface area contributed by atoms with Gasteiger partial charge < -0.3 is 14.7 Å². The molecule has 0 fully saturated rings. The zero-order chi connectivity index (χ0) is 19.6. The van der Waals surface area contributed by atoms with Crippen LogP contribution in [-0.4, -0.2) is 35.0 Å². The number of aromatic carboxylic acids is 1. The second-order valence-corrected chi connectivity index (χ2v) is 6.27. The third kappa shape index (κ3) is 3.63. The number of carbonyl (C=O) groups excluding carboxylic acids is 1. The Bertz CT molecular complexity index is 882. The number of fused-ring (bicyclic) bond motifs is 1. The van der Waals surface area contributed by atoms with Gasteiger partial charge in [0.05, 0.1) is 17.7 Å². The Morgan fingerprint density at radius 2 is 1.93 bits per heavy atom. The molecule has 0 spiro atoms. The fourth-order valence-corrected chi connectivity index (χ4v) is 3.18. The van der Waals surface area contributed by atoms with Crippen molar-refractivity contribution in [1.29, 1.82) is 0 Å². The predicted octanol–water partition coefficient (Wildman–Crippen LogP) is 3.46. The predicted molar refractivity (Wildman–Crippen MR) is 94.0 cm³/mol. The van der Waals surface area contributed by atoms with E-state index in [1.807, 2.05) is 0 Å². The number of para-hydroxylation sites is 1. The highest BCUT2D eigenvalue weighted by atomic mass is 19.3. The third-order valence-corrected chi connectivity index (χ3v) is 4.55. The van der Waals surface area contributed by atoms with E-state index in [1.54, 1.807) is 19.1 Å². The molecule has 0 radical (unpaired) electrons. The van der Waals surface area contributed by atoms with Crippen molar-refractivity contribution in [1.82, 2.24) is 4.90 Å². The first-order valence-corrected chi connectivity index (χ1v) is 8.59. The summed E-state index contributed by atoms with van der Waals surface area (Å²) in [6, 6.07) is 10.2. The lowest BCUT2D eigenvalue weighted by Gasteiger charge is -2.32. The number of alkyl halides is 2. The van der Waals surface area contributed by atoms with Crippen molar-refractivity contribution in [2.45, 2.75) is 25.8 Å². The van der Waals surface area contributed by atoms with Gasteiger partial charge in [-0.3, -0.25) is 4.79 Å². The first kappa shape index (κ1) is 18.8. The maximum atomic E-state index is 14.9. The Hall–Kier alpha value is -2.96. The number of amides is 1. The van der Waals surface area contributed by atoms with Crippen molar-refractivity contribution < 1.29 is 28.2 Å². The third-order valence-electron chi connectivity index (χ3n) is 4.55. The summed E-state index contributed by atoms with van der Waals surface area (Å²) in [7, 11) is 0. The molecule has 1 aliphatic heterocycles. The molecule has 142 valence electrons. The monoisotopic (exact) mass is 375 g/mol. The SMILES string of the molecule is CCOc1ccccc1C(F)(F)C(=O)N1CCc2ccc(C(=O)O)cc2C1. The summed E-state index contributed by atoms with van der Waals surface area (Å²) in [5.41, 5.74) is 1.03. The first-order valence-electron chi connectivity index (χ1n) is 8.59. The van der Waals surface area contributed by atoms with E-state index in [1.165, 1.54) is 30.3 Å². The van der Waals surface area contributed by atoms with Crippen LogP contribution in [0.3, 0.4) is 0 Å². The maximum Gasteiger partial charge on any atom is 0.353 e. The minimum atomic E-state index is -3.74. The van der Waals surface area contributed by atoms with Crippen LogP contribution in [0.25, 0.3) is 0 Å². The van der Waals surface area contributed by atoms with Gasteiger partial charge in [0, 0.05) is 13.1 Å². The number of hydrogen-bond acceptors (Lipinski definition) is 3. The van der Waals surface area contributed by atoms with Crippen molar-refractivity contribution in [3.05, 3.63) is 64.7 Å². The van der Waals surface area contributed by atoms with Gasteiger partial charge in [-0.15, -0.1) is 0 Å². The second kappa shape index (κ2) is 7.34. The molecule has 1 amide bonds. The summed E-state index contributed by atoms with van der Waals surface area (Å²) in [5, 5.41) is 9.11. The van der Waals surface area contributed by atoms with E-state index in [2.05, 4.69) is 0 Å². The molecule has 1 aliphatic rings. The standard InChI is InChI=1S/C20H19F2NO4/c1-2-27-17-6-4-3-5-16(17)20(21,22)19(26)23-10-9-13-7-8-14(18(24)25)11-15(13)12-23/h3-8,11H,2,9-10,12H2,1H3,(H,24,25). The van der Waals surface area contributed by atoms with Gasteiger partial charge >= 0.3 is 11.9 Å². The molecule has 2 aromatic rings. The topological polar surface area (TPSA) is 66.8 Å². The molecule has 0 saturated heterocycles. The van der Waals surface area contributed by atoms with Crippen LogP contribution in [0.1, 0.15) is 34.0 Å². The van der Waals surface area contributed by atoms with Crippen molar-refractivity contribution in [3.8, 4) is 5.75 Å². The highest BCUT2D eigenvalue weighted by molar-refractivity contribution is 5.88. The van der Waals surface area contributed by atoms with E-state index in [4.69, 9.17) is 9.84 Å². The number of ether oxygens (including phenoxy) is 1. The molecule has 1 heterocycles. The summed E-state index contributed by atoms with van der Waals surface area (Å²) in [6.45, 7) is 1.97. The average Bonchev–Trinajstić information content (AvgIpc) is 2.67. The lowest BCUT2D eigenvalue weighted by atomic mass is 9.96. The fourth-order valence-electron chi connectivity index (χ4n) is 3.18. The molecule has 0 aromatic heterocycles. The van der Waals surface area contributed by atoms with Crippen LogP contribution in [0, 0.1) is 0 Å². The highest BCUT2D eigenvalue weighted by Crippen LogP contribution is 2.37. The van der Waals surface area contributed by atoms with E-state index < -0.39 is 23.4 Å². The zero-order valence-corrected chi connectivity index (χ0v) is 14.7. The molecular weight excluding hydrogens is 356 g/mol. The van der Waals surface area contributed by atoms with Crippen LogP contribution in [0.5, 0.6) is 5.75 Å². The largest absolute Gasteiger partial charge is 0.493 e. The molecular formula is C20H19F2NO4. The summed E-state index contributed by atoms with van der Waals surface area (Å²) in [5.74, 6) is -6.18. The maximum absolute atomic E-state index is 14.9. The van der Waals surface area contributed by atoms with Crippen LogP contribution in [0.4, 0.5) is 8.78 Å². The lowest BCUT2D eigenvalue weighted by Crippen LogP contribution is -2.44. The summed E-state index contributed by atoms with van der Waals surface area (Å²) < 4.78 is 35.1. The van der Waals surface area contributed by atoms with Gasteiger partial charge in [0.15, 0.2) is 0 Å². The minimum Gasteiger partial charge on any atom is -0.493 e. The van der Waals surface area contributed by atoms with Gasteiger partial charge in [-0.1, -0.05) is 18.2 Å². The Kier molecular flexibility index (Phi) is 5.12. The molecule has 1 N–H and O–H groups in total. The van der Waals surface area contributed by atoms with E-state index in [0.717, 1.165) is 10.5 Å². The number of rotatable bonds is 5.